The molecule has 0 saturated heterocycles. The summed E-state index contributed by atoms with van der Waals surface area (Å²) in [6, 6.07) is 6.21. The summed E-state index contributed by atoms with van der Waals surface area (Å²) < 4.78 is 1.07. The minimum atomic E-state index is 0.0947. The molecule has 0 spiro atoms. The van der Waals surface area contributed by atoms with Gasteiger partial charge >= 0.3 is 0 Å². The number of halogens is 1. The largest absolute Gasteiger partial charge is 0.365 e. The first-order valence-electron chi connectivity index (χ1n) is 6.86. The van der Waals surface area contributed by atoms with Crippen molar-refractivity contribution in [1.29, 1.82) is 0 Å². The van der Waals surface area contributed by atoms with E-state index in [2.05, 4.69) is 46.4 Å². The highest BCUT2D eigenvalue weighted by Gasteiger charge is 2.10. The van der Waals surface area contributed by atoms with E-state index in [1.165, 1.54) is 5.56 Å². The van der Waals surface area contributed by atoms with E-state index in [4.69, 9.17) is 0 Å². The molecule has 0 bridgehead atoms. The second-order valence-corrected chi connectivity index (χ2v) is 5.95. The van der Waals surface area contributed by atoms with Gasteiger partial charge in [-0.3, -0.25) is 4.79 Å². The standard InChI is InChI=1S/C15H24BrN3O/c1-5-8-17-10-12-6-7-13(9-14(12)16)19(4)11-15(20)18(2)3/h6-7,9,17H,5,8,10-11H2,1-4H3. The molecule has 0 unspecified atom stereocenters. The lowest BCUT2D eigenvalue weighted by molar-refractivity contribution is -0.127. The Morgan fingerprint density at radius 3 is 2.55 bits per heavy atom. The minimum Gasteiger partial charge on any atom is -0.365 e. The number of likely N-dealkylation sites (N-methyl/N-ethyl adjacent to an activating group) is 2. The summed E-state index contributed by atoms with van der Waals surface area (Å²) in [6.07, 6.45) is 1.13. The van der Waals surface area contributed by atoms with Gasteiger partial charge in [-0.25, -0.2) is 0 Å². The van der Waals surface area contributed by atoms with E-state index in [1.54, 1.807) is 19.0 Å². The van der Waals surface area contributed by atoms with Crippen LogP contribution in [0.25, 0.3) is 0 Å². The Bertz CT molecular complexity index is 449. The van der Waals surface area contributed by atoms with Crippen molar-refractivity contribution in [3.63, 3.8) is 0 Å². The molecular weight excluding hydrogens is 318 g/mol. The number of hydrogen-bond acceptors (Lipinski definition) is 3. The predicted octanol–water partition coefficient (Wildman–Crippen LogP) is 2.47. The predicted molar refractivity (Wildman–Crippen MR) is 88.1 cm³/mol. The average Bonchev–Trinajstić information content (AvgIpc) is 2.40. The van der Waals surface area contributed by atoms with Crippen molar-refractivity contribution in [2.45, 2.75) is 19.9 Å². The minimum absolute atomic E-state index is 0.0947. The van der Waals surface area contributed by atoms with Crippen LogP contribution in [0, 0.1) is 0 Å². The van der Waals surface area contributed by atoms with Gasteiger partial charge in [-0.15, -0.1) is 0 Å². The molecule has 112 valence electrons. The van der Waals surface area contributed by atoms with Crippen LogP contribution in [0.3, 0.4) is 0 Å². The highest BCUT2D eigenvalue weighted by Crippen LogP contribution is 2.23. The molecule has 1 rings (SSSR count). The van der Waals surface area contributed by atoms with Gasteiger partial charge in [-0.2, -0.15) is 0 Å². The molecular formula is C15H24BrN3O. The zero-order valence-electron chi connectivity index (χ0n) is 12.7. The Balaban J connectivity index is 2.68. The highest BCUT2D eigenvalue weighted by atomic mass is 79.9. The van der Waals surface area contributed by atoms with Crippen molar-refractivity contribution >= 4 is 27.5 Å². The van der Waals surface area contributed by atoms with Gasteiger partial charge in [0, 0.05) is 37.8 Å². The zero-order chi connectivity index (χ0) is 15.1. The zero-order valence-corrected chi connectivity index (χ0v) is 14.3. The first kappa shape index (κ1) is 17.0. The molecule has 0 radical (unpaired) electrons. The van der Waals surface area contributed by atoms with Gasteiger partial charge in [-0.05, 0) is 30.7 Å². The van der Waals surface area contributed by atoms with Crippen molar-refractivity contribution in [2.75, 3.05) is 39.1 Å². The third-order valence-corrected chi connectivity index (χ3v) is 3.83. The van der Waals surface area contributed by atoms with E-state index in [1.807, 2.05) is 11.9 Å². The molecule has 4 nitrogen and oxygen atoms in total. The highest BCUT2D eigenvalue weighted by molar-refractivity contribution is 9.10. The summed E-state index contributed by atoms with van der Waals surface area (Å²) in [6.45, 7) is 4.41. The topological polar surface area (TPSA) is 35.6 Å². The summed E-state index contributed by atoms with van der Waals surface area (Å²) in [4.78, 5) is 15.3. The summed E-state index contributed by atoms with van der Waals surface area (Å²) in [7, 11) is 5.47. The smallest absolute Gasteiger partial charge is 0.241 e. The second kappa shape index (κ2) is 8.27. The van der Waals surface area contributed by atoms with Crippen molar-refractivity contribution in [1.82, 2.24) is 10.2 Å². The summed E-state index contributed by atoms with van der Waals surface area (Å²) in [5, 5.41) is 3.38. The molecule has 1 amide bonds. The maximum atomic E-state index is 11.7. The normalized spacial score (nSPS) is 10.4. The summed E-state index contributed by atoms with van der Waals surface area (Å²) in [5.74, 6) is 0.0947. The molecule has 0 fully saturated rings. The van der Waals surface area contributed by atoms with Gasteiger partial charge in [0.1, 0.15) is 0 Å². The molecule has 0 heterocycles. The average molecular weight is 342 g/mol. The molecule has 0 atom stereocenters. The van der Waals surface area contributed by atoms with Crippen LogP contribution >= 0.6 is 15.9 Å². The first-order chi connectivity index (χ1) is 9.45. The van der Waals surface area contributed by atoms with Crippen LogP contribution in [0.1, 0.15) is 18.9 Å². The SMILES string of the molecule is CCCNCc1ccc(N(C)CC(=O)N(C)C)cc1Br. The molecule has 0 aromatic heterocycles. The lowest BCUT2D eigenvalue weighted by Crippen LogP contribution is -2.34. The maximum Gasteiger partial charge on any atom is 0.241 e. The molecule has 0 aliphatic rings. The van der Waals surface area contributed by atoms with Crippen LogP contribution in [0.15, 0.2) is 22.7 Å². The number of carbonyl (C=O) groups is 1. The number of benzene rings is 1. The lowest BCUT2D eigenvalue weighted by Gasteiger charge is -2.21. The van der Waals surface area contributed by atoms with E-state index < -0.39 is 0 Å². The third kappa shape index (κ3) is 5.13. The van der Waals surface area contributed by atoms with E-state index in [-0.39, 0.29) is 5.91 Å². The first-order valence-corrected chi connectivity index (χ1v) is 7.65. The van der Waals surface area contributed by atoms with Crippen molar-refractivity contribution in [2.24, 2.45) is 0 Å². The molecule has 1 aromatic carbocycles. The second-order valence-electron chi connectivity index (χ2n) is 5.10. The molecule has 0 aliphatic carbocycles. The summed E-state index contributed by atoms with van der Waals surface area (Å²) in [5.41, 5.74) is 2.26. The number of nitrogens with zero attached hydrogens (tertiary/aromatic N) is 2. The van der Waals surface area contributed by atoms with Crippen LogP contribution in [-0.4, -0.2) is 45.0 Å². The number of hydrogen-bond donors (Lipinski definition) is 1. The molecule has 5 heteroatoms. The quantitative estimate of drug-likeness (QED) is 0.774. The number of carbonyl (C=O) groups excluding carboxylic acids is 1. The van der Waals surface area contributed by atoms with Crippen molar-refractivity contribution in [3.8, 4) is 0 Å². The summed E-state index contributed by atoms with van der Waals surface area (Å²) >= 11 is 3.60. The maximum absolute atomic E-state index is 11.7. The van der Waals surface area contributed by atoms with E-state index in [9.17, 15) is 4.79 Å². The Hall–Kier alpha value is -1.07. The van der Waals surface area contributed by atoms with Crippen LogP contribution < -0.4 is 10.2 Å². The van der Waals surface area contributed by atoms with Gasteiger partial charge in [0.05, 0.1) is 6.54 Å². The Kier molecular flexibility index (Phi) is 7.02. The molecule has 20 heavy (non-hydrogen) atoms. The fourth-order valence-electron chi connectivity index (χ4n) is 1.75. The van der Waals surface area contributed by atoms with Crippen LogP contribution in [-0.2, 0) is 11.3 Å². The van der Waals surface area contributed by atoms with E-state index >= 15 is 0 Å². The van der Waals surface area contributed by atoms with Gasteiger partial charge in [0.2, 0.25) is 5.91 Å². The number of amides is 1. The van der Waals surface area contributed by atoms with Crippen LogP contribution in [0.4, 0.5) is 5.69 Å². The Labute approximate surface area is 130 Å². The van der Waals surface area contributed by atoms with Gasteiger partial charge in [-0.1, -0.05) is 28.9 Å². The van der Waals surface area contributed by atoms with Crippen molar-refractivity contribution < 1.29 is 4.79 Å². The molecule has 0 saturated carbocycles. The lowest BCUT2D eigenvalue weighted by atomic mass is 10.2. The Morgan fingerprint density at radius 2 is 2.00 bits per heavy atom. The number of rotatable bonds is 7. The van der Waals surface area contributed by atoms with Gasteiger partial charge < -0.3 is 15.1 Å². The van der Waals surface area contributed by atoms with Crippen LogP contribution in [0.2, 0.25) is 0 Å². The van der Waals surface area contributed by atoms with E-state index in [0.717, 1.165) is 29.7 Å². The molecule has 1 N–H and O–H groups in total. The fourth-order valence-corrected chi connectivity index (χ4v) is 2.26. The number of nitrogens with one attached hydrogen (secondary N) is 1. The monoisotopic (exact) mass is 341 g/mol. The molecule has 0 aliphatic heterocycles. The number of anilines is 1. The van der Waals surface area contributed by atoms with E-state index in [0.29, 0.717) is 6.54 Å². The third-order valence-electron chi connectivity index (χ3n) is 3.09. The fraction of sp³-hybridized carbons (Fsp3) is 0.533. The molecule has 1 aromatic rings. The van der Waals surface area contributed by atoms with Gasteiger partial charge in [0.25, 0.3) is 0 Å². The van der Waals surface area contributed by atoms with Crippen molar-refractivity contribution in [3.05, 3.63) is 28.2 Å². The van der Waals surface area contributed by atoms with Gasteiger partial charge in [0.15, 0.2) is 0 Å². The Morgan fingerprint density at radius 1 is 1.30 bits per heavy atom. The van der Waals surface area contributed by atoms with Crippen LogP contribution in [0.5, 0.6) is 0 Å².